The predicted octanol–water partition coefficient (Wildman–Crippen LogP) is 5.07. The van der Waals surface area contributed by atoms with Crippen LogP contribution in [0.15, 0.2) is 42.6 Å². The average molecular weight is 310 g/mol. The molecule has 2 aliphatic carbocycles. The van der Waals surface area contributed by atoms with Gasteiger partial charge in [-0.2, -0.15) is 0 Å². The Morgan fingerprint density at radius 2 is 1.91 bits per heavy atom. The van der Waals surface area contributed by atoms with Crippen LogP contribution in [0.1, 0.15) is 39.1 Å². The molecule has 0 saturated heterocycles. The molecule has 4 rings (SSSR count). The molecule has 1 amide bonds. The van der Waals surface area contributed by atoms with Crippen molar-refractivity contribution in [1.29, 1.82) is 0 Å². The first-order valence-electron chi connectivity index (χ1n) is 8.50. The van der Waals surface area contributed by atoms with Crippen LogP contribution in [0, 0.1) is 18.8 Å². The Bertz CT molecular complexity index is 652. The maximum absolute atomic E-state index is 10.4. The summed E-state index contributed by atoms with van der Waals surface area (Å²) in [7, 11) is 0. The van der Waals surface area contributed by atoms with E-state index >= 15 is 0 Å². The molecular weight excluding hydrogens is 284 g/mol. The standard InChI is InChI=1S/C13H12N2O.C7H12.H2/c1-10-5-6-11(15-9-16)8-12(10)13-4-2-3-7-14-13;1-2-6(3-1)7-4-5-7;/h2-9H,1H3,(H,15,16);6-7H,1-5H2;1H. The molecule has 0 spiro atoms. The number of nitrogens with one attached hydrogen (secondary N) is 1. The molecule has 2 aromatic rings. The van der Waals surface area contributed by atoms with E-state index in [2.05, 4.69) is 10.3 Å². The van der Waals surface area contributed by atoms with Gasteiger partial charge in [-0.1, -0.05) is 31.4 Å². The molecule has 2 saturated carbocycles. The number of carbonyl (C=O) groups is 1. The second-order valence-electron chi connectivity index (χ2n) is 6.54. The van der Waals surface area contributed by atoms with Gasteiger partial charge in [0.1, 0.15) is 0 Å². The monoisotopic (exact) mass is 310 g/mol. The summed E-state index contributed by atoms with van der Waals surface area (Å²) in [5.74, 6) is 2.40. The van der Waals surface area contributed by atoms with Gasteiger partial charge in [-0.15, -0.1) is 0 Å². The second-order valence-corrected chi connectivity index (χ2v) is 6.54. The summed E-state index contributed by atoms with van der Waals surface area (Å²) in [5, 5.41) is 2.64. The first-order chi connectivity index (χ1) is 11.3. The van der Waals surface area contributed by atoms with E-state index in [1.54, 1.807) is 31.9 Å². The van der Waals surface area contributed by atoms with Crippen LogP contribution in [-0.2, 0) is 4.79 Å². The van der Waals surface area contributed by atoms with Crippen molar-refractivity contribution >= 4 is 12.1 Å². The van der Waals surface area contributed by atoms with Crippen molar-refractivity contribution < 1.29 is 6.22 Å². The molecule has 0 unspecified atom stereocenters. The summed E-state index contributed by atoms with van der Waals surface area (Å²) in [6, 6.07) is 11.5. The van der Waals surface area contributed by atoms with E-state index in [0.717, 1.165) is 22.5 Å². The van der Waals surface area contributed by atoms with Gasteiger partial charge < -0.3 is 5.32 Å². The summed E-state index contributed by atoms with van der Waals surface area (Å²) in [6.45, 7) is 2.02. The van der Waals surface area contributed by atoms with Gasteiger partial charge in [0.05, 0.1) is 5.69 Å². The first-order valence-corrected chi connectivity index (χ1v) is 8.50. The zero-order chi connectivity index (χ0) is 16.1. The Morgan fingerprint density at radius 3 is 2.43 bits per heavy atom. The largest absolute Gasteiger partial charge is 0.329 e. The molecule has 3 nitrogen and oxygen atoms in total. The van der Waals surface area contributed by atoms with Crippen LogP contribution in [0.25, 0.3) is 11.3 Å². The fourth-order valence-electron chi connectivity index (χ4n) is 3.06. The second kappa shape index (κ2) is 7.40. The average Bonchev–Trinajstić information content (AvgIpc) is 3.34. The number of rotatable bonds is 4. The smallest absolute Gasteiger partial charge is 0.211 e. The molecule has 3 heteroatoms. The van der Waals surface area contributed by atoms with Crippen LogP contribution in [-0.4, -0.2) is 11.4 Å². The topological polar surface area (TPSA) is 42.0 Å². The molecule has 2 aliphatic rings. The van der Waals surface area contributed by atoms with Crippen molar-refractivity contribution in [2.45, 2.75) is 39.0 Å². The van der Waals surface area contributed by atoms with Crippen LogP contribution in [0.5, 0.6) is 0 Å². The summed E-state index contributed by atoms with van der Waals surface area (Å²) in [4.78, 5) is 14.7. The molecule has 23 heavy (non-hydrogen) atoms. The molecule has 122 valence electrons. The van der Waals surface area contributed by atoms with Gasteiger partial charge in [0.25, 0.3) is 0 Å². The lowest BCUT2D eigenvalue weighted by molar-refractivity contribution is -0.105. The summed E-state index contributed by atoms with van der Waals surface area (Å²) >= 11 is 0. The maximum Gasteiger partial charge on any atom is 0.211 e. The summed E-state index contributed by atoms with van der Waals surface area (Å²) < 4.78 is 0. The highest BCUT2D eigenvalue weighted by Crippen LogP contribution is 2.46. The molecule has 1 heterocycles. The first kappa shape index (κ1) is 15.7. The fraction of sp³-hybridized carbons (Fsp3) is 0.400. The predicted molar refractivity (Wildman–Crippen MR) is 96.3 cm³/mol. The van der Waals surface area contributed by atoms with Crippen LogP contribution in [0.4, 0.5) is 5.69 Å². The Labute approximate surface area is 139 Å². The Balaban J connectivity index is 0.000000216. The molecule has 1 N–H and O–H groups in total. The van der Waals surface area contributed by atoms with Crippen molar-refractivity contribution in [3.8, 4) is 11.3 Å². The number of aromatic nitrogens is 1. The fourth-order valence-corrected chi connectivity index (χ4v) is 3.06. The van der Waals surface area contributed by atoms with Crippen molar-refractivity contribution in [1.82, 2.24) is 4.98 Å². The SMILES string of the molecule is C1CC(C2CC2)C1.Cc1ccc(NC=O)cc1-c1ccccn1.[HH]. The van der Waals surface area contributed by atoms with Crippen LogP contribution in [0.3, 0.4) is 0 Å². The van der Waals surface area contributed by atoms with E-state index in [1.165, 1.54) is 18.3 Å². The van der Waals surface area contributed by atoms with Gasteiger partial charge in [0.15, 0.2) is 0 Å². The van der Waals surface area contributed by atoms with Crippen LogP contribution < -0.4 is 5.32 Å². The molecule has 1 aromatic heterocycles. The minimum absolute atomic E-state index is 0. The van der Waals surface area contributed by atoms with E-state index in [4.69, 9.17) is 0 Å². The number of benzene rings is 1. The minimum atomic E-state index is 0. The Kier molecular flexibility index (Phi) is 5.06. The summed E-state index contributed by atoms with van der Waals surface area (Å²) in [5.41, 5.74) is 3.86. The Hall–Kier alpha value is -2.16. The highest BCUT2D eigenvalue weighted by molar-refractivity contribution is 5.76. The number of pyridine rings is 1. The number of hydrogen-bond acceptors (Lipinski definition) is 2. The number of nitrogens with zero attached hydrogens (tertiary/aromatic N) is 1. The number of amides is 1. The van der Waals surface area contributed by atoms with Gasteiger partial charge in [0.2, 0.25) is 6.41 Å². The zero-order valence-electron chi connectivity index (χ0n) is 13.7. The third kappa shape index (κ3) is 4.19. The molecular formula is C20H26N2O. The summed E-state index contributed by atoms with van der Waals surface area (Å²) in [6.07, 6.45) is 10.2. The van der Waals surface area contributed by atoms with Gasteiger partial charge in [-0.3, -0.25) is 9.78 Å². The molecule has 0 aliphatic heterocycles. The third-order valence-corrected chi connectivity index (χ3v) is 4.84. The maximum atomic E-state index is 10.4. The van der Waals surface area contributed by atoms with Gasteiger partial charge in [-0.05, 0) is 61.4 Å². The third-order valence-electron chi connectivity index (χ3n) is 4.84. The lowest BCUT2D eigenvalue weighted by atomic mass is 9.82. The Morgan fingerprint density at radius 1 is 1.13 bits per heavy atom. The zero-order valence-corrected chi connectivity index (χ0v) is 13.7. The molecule has 0 bridgehead atoms. The number of aryl methyl sites for hydroxylation is 1. The lowest BCUT2D eigenvalue weighted by Gasteiger charge is -2.24. The number of hydrogen-bond donors (Lipinski definition) is 1. The normalized spacial score (nSPS) is 16.7. The number of carbonyl (C=O) groups excluding carboxylic acids is 1. The van der Waals surface area contributed by atoms with Crippen molar-refractivity contribution in [3.63, 3.8) is 0 Å². The minimum Gasteiger partial charge on any atom is -0.329 e. The highest BCUT2D eigenvalue weighted by atomic mass is 16.1. The van der Waals surface area contributed by atoms with E-state index in [0.29, 0.717) is 6.41 Å². The van der Waals surface area contributed by atoms with Gasteiger partial charge >= 0.3 is 0 Å². The van der Waals surface area contributed by atoms with E-state index in [1.807, 2.05) is 43.3 Å². The lowest BCUT2D eigenvalue weighted by Crippen LogP contribution is -2.12. The van der Waals surface area contributed by atoms with Crippen LogP contribution in [0.2, 0.25) is 0 Å². The molecule has 0 atom stereocenters. The molecule has 0 radical (unpaired) electrons. The quantitative estimate of drug-likeness (QED) is 0.801. The number of anilines is 1. The molecule has 1 aromatic carbocycles. The van der Waals surface area contributed by atoms with E-state index in [9.17, 15) is 4.79 Å². The highest BCUT2D eigenvalue weighted by Gasteiger charge is 2.34. The van der Waals surface area contributed by atoms with Crippen molar-refractivity contribution in [2.75, 3.05) is 5.32 Å². The van der Waals surface area contributed by atoms with Crippen LogP contribution >= 0.6 is 0 Å². The van der Waals surface area contributed by atoms with Crippen molar-refractivity contribution in [2.24, 2.45) is 11.8 Å². The van der Waals surface area contributed by atoms with Crippen molar-refractivity contribution in [3.05, 3.63) is 48.2 Å². The van der Waals surface area contributed by atoms with E-state index in [-0.39, 0.29) is 1.43 Å². The van der Waals surface area contributed by atoms with E-state index < -0.39 is 0 Å². The molecule has 2 fully saturated rings. The van der Waals surface area contributed by atoms with Gasteiger partial charge in [0, 0.05) is 18.9 Å². The van der Waals surface area contributed by atoms with Gasteiger partial charge in [-0.25, -0.2) is 0 Å².